The summed E-state index contributed by atoms with van der Waals surface area (Å²) >= 11 is 0. The summed E-state index contributed by atoms with van der Waals surface area (Å²) in [7, 11) is 0. The summed E-state index contributed by atoms with van der Waals surface area (Å²) in [6, 6.07) is 16.1. The molecule has 4 nitrogen and oxygen atoms in total. The molecule has 2 heterocycles. The fraction of sp³-hybridized carbons (Fsp3) is 0.278. The van der Waals surface area contributed by atoms with Gasteiger partial charge in [0.15, 0.2) is 12.4 Å². The Morgan fingerprint density at radius 2 is 1.65 bits per heavy atom. The summed E-state index contributed by atoms with van der Waals surface area (Å²) in [5.41, 5.74) is 2.72. The average molecular weight is 313 g/mol. The topological polar surface area (TPSA) is 40.0 Å². The Kier molecular flexibility index (Phi) is 3.81. The second kappa shape index (κ2) is 6.10. The fourth-order valence-electron chi connectivity index (χ4n) is 2.88. The van der Waals surface area contributed by atoms with E-state index in [9.17, 15) is 4.39 Å². The van der Waals surface area contributed by atoms with Gasteiger partial charge in [0.2, 0.25) is 0 Å². The van der Waals surface area contributed by atoms with E-state index >= 15 is 0 Å². The molecule has 0 aliphatic carbocycles. The Morgan fingerprint density at radius 3 is 2.43 bits per heavy atom. The molecule has 2 aliphatic heterocycles. The van der Waals surface area contributed by atoms with Crippen LogP contribution in [0, 0.1) is 11.7 Å². The minimum atomic E-state index is -0.512. The fourth-order valence-corrected chi connectivity index (χ4v) is 2.88. The number of oxime groups is 1. The molecule has 23 heavy (non-hydrogen) atoms. The van der Waals surface area contributed by atoms with Crippen molar-refractivity contribution >= 4 is 5.71 Å². The highest BCUT2D eigenvalue weighted by molar-refractivity contribution is 6.03. The van der Waals surface area contributed by atoms with Crippen molar-refractivity contribution in [1.82, 2.24) is 0 Å². The van der Waals surface area contributed by atoms with Crippen LogP contribution in [0.2, 0.25) is 0 Å². The van der Waals surface area contributed by atoms with E-state index in [0.717, 1.165) is 16.8 Å². The summed E-state index contributed by atoms with van der Waals surface area (Å²) in [4.78, 5) is 5.53. The molecule has 0 N–H and O–H groups in total. The molecule has 1 fully saturated rings. The van der Waals surface area contributed by atoms with Crippen molar-refractivity contribution in [2.75, 3.05) is 13.2 Å². The molecule has 0 saturated carbocycles. The Bertz CT molecular complexity index is 702. The molecule has 4 rings (SSSR count). The van der Waals surface area contributed by atoms with Gasteiger partial charge in [-0.25, -0.2) is 4.39 Å². The maximum Gasteiger partial charge on any atom is 0.184 e. The van der Waals surface area contributed by atoms with Crippen LogP contribution in [0.3, 0.4) is 0 Å². The first-order valence-electron chi connectivity index (χ1n) is 7.59. The van der Waals surface area contributed by atoms with Crippen LogP contribution in [0.4, 0.5) is 4.39 Å². The second-order valence-electron chi connectivity index (χ2n) is 5.64. The molecule has 2 aromatic carbocycles. The molecular formula is C18H16FNO3. The summed E-state index contributed by atoms with van der Waals surface area (Å²) in [5, 5.41) is 4.21. The van der Waals surface area contributed by atoms with E-state index in [1.165, 1.54) is 12.1 Å². The number of ether oxygens (including phenoxy) is 2. The van der Waals surface area contributed by atoms with Gasteiger partial charge in [-0.2, -0.15) is 0 Å². The van der Waals surface area contributed by atoms with Gasteiger partial charge in [-0.1, -0.05) is 47.6 Å². The molecule has 2 aliphatic rings. The van der Waals surface area contributed by atoms with Crippen molar-refractivity contribution < 1.29 is 18.7 Å². The third-order valence-corrected chi connectivity index (χ3v) is 4.14. The van der Waals surface area contributed by atoms with Crippen LogP contribution in [0.5, 0.6) is 0 Å². The van der Waals surface area contributed by atoms with Crippen molar-refractivity contribution in [3.8, 4) is 0 Å². The third kappa shape index (κ3) is 2.85. The van der Waals surface area contributed by atoms with Gasteiger partial charge in [-0.3, -0.25) is 0 Å². The summed E-state index contributed by atoms with van der Waals surface area (Å²) in [6.45, 7) is 0.826. The lowest BCUT2D eigenvalue weighted by atomic mass is 9.93. The van der Waals surface area contributed by atoms with Gasteiger partial charge in [0.05, 0.1) is 24.8 Å². The van der Waals surface area contributed by atoms with Crippen LogP contribution in [0.15, 0.2) is 59.8 Å². The Morgan fingerprint density at radius 1 is 0.913 bits per heavy atom. The summed E-state index contributed by atoms with van der Waals surface area (Å²) in [5.74, 6) is -0.246. The molecule has 0 bridgehead atoms. The first kappa shape index (κ1) is 14.4. The molecule has 1 saturated heterocycles. The number of benzene rings is 2. The maximum absolute atomic E-state index is 13.0. The van der Waals surface area contributed by atoms with E-state index in [0.29, 0.717) is 13.2 Å². The van der Waals surface area contributed by atoms with Crippen LogP contribution in [-0.2, 0) is 14.3 Å². The summed E-state index contributed by atoms with van der Waals surface area (Å²) < 4.78 is 24.7. The first-order chi connectivity index (χ1) is 11.3. The van der Waals surface area contributed by atoms with Crippen molar-refractivity contribution in [1.29, 1.82) is 0 Å². The normalized spacial score (nSPS) is 26.8. The molecule has 0 radical (unpaired) electrons. The zero-order valence-electron chi connectivity index (χ0n) is 12.4. The molecule has 118 valence electrons. The predicted molar refractivity (Wildman–Crippen MR) is 82.4 cm³/mol. The van der Waals surface area contributed by atoms with Gasteiger partial charge in [-0.05, 0) is 17.7 Å². The number of hydrogen-bond donors (Lipinski definition) is 0. The lowest BCUT2D eigenvalue weighted by Crippen LogP contribution is -2.29. The van der Waals surface area contributed by atoms with Gasteiger partial charge in [0.1, 0.15) is 5.82 Å². The van der Waals surface area contributed by atoms with Crippen LogP contribution in [0.25, 0.3) is 0 Å². The maximum atomic E-state index is 13.0. The van der Waals surface area contributed by atoms with E-state index in [2.05, 4.69) is 5.16 Å². The number of halogens is 1. The van der Waals surface area contributed by atoms with Crippen molar-refractivity contribution in [2.45, 2.75) is 12.4 Å². The summed E-state index contributed by atoms with van der Waals surface area (Å²) in [6.07, 6.45) is -0.669. The van der Waals surface area contributed by atoms with E-state index < -0.39 is 6.29 Å². The minimum absolute atomic E-state index is 0.0304. The van der Waals surface area contributed by atoms with Crippen molar-refractivity contribution in [3.05, 3.63) is 71.5 Å². The number of rotatable bonds is 2. The molecule has 5 heteroatoms. The van der Waals surface area contributed by atoms with Gasteiger partial charge in [0.25, 0.3) is 0 Å². The van der Waals surface area contributed by atoms with Crippen LogP contribution in [-0.4, -0.2) is 25.0 Å². The van der Waals surface area contributed by atoms with Crippen LogP contribution < -0.4 is 0 Å². The lowest BCUT2D eigenvalue weighted by molar-refractivity contribution is -0.139. The first-order valence-corrected chi connectivity index (χ1v) is 7.59. The predicted octanol–water partition coefficient (Wildman–Crippen LogP) is 3.29. The minimum Gasteiger partial charge on any atom is -0.389 e. The monoisotopic (exact) mass is 313 g/mol. The van der Waals surface area contributed by atoms with Gasteiger partial charge in [0, 0.05) is 5.56 Å². The largest absolute Gasteiger partial charge is 0.389 e. The van der Waals surface area contributed by atoms with Crippen molar-refractivity contribution in [3.63, 3.8) is 0 Å². The van der Waals surface area contributed by atoms with E-state index in [1.807, 2.05) is 30.3 Å². The third-order valence-electron chi connectivity index (χ3n) is 4.14. The van der Waals surface area contributed by atoms with Crippen molar-refractivity contribution in [2.24, 2.45) is 11.1 Å². The van der Waals surface area contributed by atoms with Gasteiger partial charge < -0.3 is 14.3 Å². The second-order valence-corrected chi connectivity index (χ2v) is 5.64. The van der Waals surface area contributed by atoms with E-state index in [1.54, 1.807) is 12.1 Å². The van der Waals surface area contributed by atoms with Crippen LogP contribution >= 0.6 is 0 Å². The SMILES string of the molecule is Fc1ccc([C@H]2OC[C@@H]3C(c4ccccc4)=NO[C@@H]3CO2)cc1. The number of nitrogens with zero attached hydrogens (tertiary/aromatic N) is 1. The Hall–Kier alpha value is -2.24. The van der Waals surface area contributed by atoms with Crippen LogP contribution in [0.1, 0.15) is 17.4 Å². The molecule has 2 aromatic rings. The zero-order chi connectivity index (χ0) is 15.6. The van der Waals surface area contributed by atoms with E-state index in [4.69, 9.17) is 14.3 Å². The quantitative estimate of drug-likeness (QED) is 0.854. The molecule has 0 amide bonds. The molecule has 0 unspecified atom stereocenters. The lowest BCUT2D eigenvalue weighted by Gasteiger charge is -2.16. The Labute approximate surface area is 133 Å². The smallest absolute Gasteiger partial charge is 0.184 e. The number of hydrogen-bond acceptors (Lipinski definition) is 4. The Balaban J connectivity index is 1.52. The van der Waals surface area contributed by atoms with Gasteiger partial charge >= 0.3 is 0 Å². The molecule has 0 spiro atoms. The van der Waals surface area contributed by atoms with Gasteiger partial charge in [-0.15, -0.1) is 0 Å². The molecular weight excluding hydrogens is 297 g/mol. The highest BCUT2D eigenvalue weighted by Gasteiger charge is 2.39. The molecule has 3 atom stereocenters. The highest BCUT2D eigenvalue weighted by Crippen LogP contribution is 2.31. The standard InChI is InChI=1S/C18H16FNO3/c19-14-8-6-13(7-9-14)18-21-10-15-16(11-22-18)23-20-17(15)12-4-2-1-3-5-12/h1-9,15-16,18H,10-11H2/t15-,16+,18-/m0/s1. The van der Waals surface area contributed by atoms with E-state index in [-0.39, 0.29) is 17.8 Å². The zero-order valence-corrected chi connectivity index (χ0v) is 12.4. The molecule has 0 aromatic heterocycles. The number of fused-ring (bicyclic) bond motifs is 1. The highest BCUT2D eigenvalue weighted by atomic mass is 19.1. The average Bonchev–Trinajstić information content (AvgIpc) is 2.88.